The Balaban J connectivity index is 2.41. The second kappa shape index (κ2) is 10.2. The number of benzene rings is 2. The molecule has 0 amide bonds. The van der Waals surface area contributed by atoms with E-state index in [4.69, 9.17) is 4.74 Å². The lowest BCUT2D eigenvalue weighted by Gasteiger charge is -2.28. The molecule has 0 saturated heterocycles. The highest BCUT2D eigenvalue weighted by molar-refractivity contribution is 7.92. The molecule has 2 aromatic rings. The van der Waals surface area contributed by atoms with Gasteiger partial charge < -0.3 is 9.47 Å². The largest absolute Gasteiger partial charge is 0.469 e. The van der Waals surface area contributed by atoms with Crippen molar-refractivity contribution in [1.29, 1.82) is 0 Å². The second-order valence-electron chi connectivity index (χ2n) is 7.02. The van der Waals surface area contributed by atoms with Crippen LogP contribution in [0.2, 0.25) is 0 Å². The van der Waals surface area contributed by atoms with Crippen molar-refractivity contribution >= 4 is 21.8 Å². The van der Waals surface area contributed by atoms with Gasteiger partial charge in [0.1, 0.15) is 5.75 Å². The predicted molar refractivity (Wildman–Crippen MR) is 109 cm³/mol. The average molecular weight is 419 g/mol. The van der Waals surface area contributed by atoms with Crippen LogP contribution in [0.1, 0.15) is 26.7 Å². The molecule has 2 rings (SSSR count). The first kappa shape index (κ1) is 22.6. The van der Waals surface area contributed by atoms with Crippen LogP contribution < -0.4 is 4.74 Å². The maximum absolute atomic E-state index is 13.4. The molecule has 0 aliphatic heterocycles. The summed E-state index contributed by atoms with van der Waals surface area (Å²) in [5.41, 5.74) is 0. The summed E-state index contributed by atoms with van der Waals surface area (Å²) in [6.45, 7) is 3.48. The molecule has 0 saturated carbocycles. The van der Waals surface area contributed by atoms with Gasteiger partial charge >= 0.3 is 11.9 Å². The summed E-state index contributed by atoms with van der Waals surface area (Å²) in [6, 6.07) is 16.4. The maximum atomic E-state index is 13.4. The minimum absolute atomic E-state index is 0.00719. The van der Waals surface area contributed by atoms with E-state index in [0.717, 1.165) is 0 Å². The molecule has 0 aliphatic carbocycles. The van der Waals surface area contributed by atoms with E-state index in [0.29, 0.717) is 5.75 Å². The molecular formula is C22H26O6S. The van der Waals surface area contributed by atoms with E-state index < -0.39 is 32.9 Å². The lowest BCUT2D eigenvalue weighted by atomic mass is 9.92. The molecule has 0 aromatic heterocycles. The zero-order valence-electron chi connectivity index (χ0n) is 16.8. The topological polar surface area (TPSA) is 86.7 Å². The van der Waals surface area contributed by atoms with Gasteiger partial charge in [-0.2, -0.15) is 0 Å². The van der Waals surface area contributed by atoms with Crippen molar-refractivity contribution in [2.45, 2.75) is 36.8 Å². The normalized spacial score (nSPS) is 13.5. The first-order valence-electron chi connectivity index (χ1n) is 9.40. The Morgan fingerprint density at radius 3 is 2.00 bits per heavy atom. The van der Waals surface area contributed by atoms with E-state index in [1.807, 2.05) is 0 Å². The SMILES string of the molecule is COC(=O)CC[C@@H](C(=O)Oc1ccccc1)[C@@H](C(C)C)S(=O)(=O)c1ccccc1. The van der Waals surface area contributed by atoms with E-state index in [2.05, 4.69) is 4.74 Å². The van der Waals surface area contributed by atoms with Crippen molar-refractivity contribution in [3.8, 4) is 5.75 Å². The smallest absolute Gasteiger partial charge is 0.315 e. The Morgan fingerprint density at radius 1 is 0.931 bits per heavy atom. The van der Waals surface area contributed by atoms with Gasteiger partial charge in [-0.1, -0.05) is 50.2 Å². The Hall–Kier alpha value is -2.67. The molecule has 0 N–H and O–H groups in total. The number of methoxy groups -OCH3 is 1. The number of sulfone groups is 1. The molecule has 7 heteroatoms. The fourth-order valence-corrected chi connectivity index (χ4v) is 5.53. The molecule has 0 bridgehead atoms. The molecular weight excluding hydrogens is 392 g/mol. The van der Waals surface area contributed by atoms with Gasteiger partial charge in [-0.05, 0) is 36.6 Å². The van der Waals surface area contributed by atoms with Crippen molar-refractivity contribution in [3.63, 3.8) is 0 Å². The maximum Gasteiger partial charge on any atom is 0.315 e. The van der Waals surface area contributed by atoms with E-state index in [1.54, 1.807) is 62.4 Å². The third-order valence-corrected chi connectivity index (χ3v) is 7.15. The standard InChI is InChI=1S/C22H26O6S/c1-16(2)21(29(25,26)18-12-8-5-9-13-18)19(14-15-20(23)27-3)22(24)28-17-10-6-4-7-11-17/h4-13,16,19,21H,14-15H2,1-3H3/t19-,21-/m1/s1. The van der Waals surface area contributed by atoms with Crippen LogP contribution in [0.3, 0.4) is 0 Å². The van der Waals surface area contributed by atoms with Gasteiger partial charge in [-0.3, -0.25) is 9.59 Å². The quantitative estimate of drug-likeness (QED) is 0.456. The van der Waals surface area contributed by atoms with E-state index in [9.17, 15) is 18.0 Å². The lowest BCUT2D eigenvalue weighted by molar-refractivity contribution is -0.142. The predicted octanol–water partition coefficient (Wildman–Crippen LogP) is 3.66. The molecule has 156 valence electrons. The fraction of sp³-hybridized carbons (Fsp3) is 0.364. The number of rotatable bonds is 9. The molecule has 2 atom stereocenters. The molecule has 0 radical (unpaired) electrons. The molecule has 0 fully saturated rings. The highest BCUT2D eigenvalue weighted by Crippen LogP contribution is 2.31. The molecule has 0 spiro atoms. The number of ether oxygens (including phenoxy) is 2. The van der Waals surface area contributed by atoms with Crippen molar-refractivity contribution < 1.29 is 27.5 Å². The highest BCUT2D eigenvalue weighted by atomic mass is 32.2. The fourth-order valence-electron chi connectivity index (χ4n) is 3.28. The van der Waals surface area contributed by atoms with Gasteiger partial charge in [0.2, 0.25) is 0 Å². The zero-order valence-corrected chi connectivity index (χ0v) is 17.6. The third-order valence-electron chi connectivity index (χ3n) is 4.64. The van der Waals surface area contributed by atoms with Gasteiger partial charge in [0.05, 0.1) is 23.2 Å². The molecule has 0 aliphatic rings. The summed E-state index contributed by atoms with van der Waals surface area (Å²) in [5.74, 6) is -2.29. The van der Waals surface area contributed by atoms with Crippen LogP contribution in [0.4, 0.5) is 0 Å². The summed E-state index contributed by atoms with van der Waals surface area (Å²) >= 11 is 0. The Bertz CT molecular complexity index is 907. The van der Waals surface area contributed by atoms with Crippen LogP contribution >= 0.6 is 0 Å². The van der Waals surface area contributed by atoms with Gasteiger partial charge in [-0.15, -0.1) is 0 Å². The Labute approximate surface area is 171 Å². The van der Waals surface area contributed by atoms with E-state index in [1.165, 1.54) is 19.2 Å². The monoisotopic (exact) mass is 418 g/mol. The number of hydrogen-bond donors (Lipinski definition) is 0. The number of esters is 2. The molecule has 0 unspecified atom stereocenters. The van der Waals surface area contributed by atoms with Gasteiger partial charge in [-0.25, -0.2) is 8.42 Å². The van der Waals surface area contributed by atoms with Crippen LogP contribution in [-0.2, 0) is 24.2 Å². The highest BCUT2D eigenvalue weighted by Gasteiger charge is 2.42. The van der Waals surface area contributed by atoms with Gasteiger partial charge in [0, 0.05) is 6.42 Å². The van der Waals surface area contributed by atoms with Gasteiger partial charge in [0.15, 0.2) is 9.84 Å². The van der Waals surface area contributed by atoms with Crippen LogP contribution in [0.25, 0.3) is 0 Å². The van der Waals surface area contributed by atoms with E-state index in [-0.39, 0.29) is 23.7 Å². The third kappa shape index (κ3) is 5.90. The summed E-state index contributed by atoms with van der Waals surface area (Å²) in [7, 11) is -2.59. The number of carbonyl (C=O) groups is 2. The van der Waals surface area contributed by atoms with Crippen LogP contribution in [-0.4, -0.2) is 32.7 Å². The Morgan fingerprint density at radius 2 is 1.48 bits per heavy atom. The van der Waals surface area contributed by atoms with E-state index >= 15 is 0 Å². The van der Waals surface area contributed by atoms with Crippen molar-refractivity contribution in [3.05, 3.63) is 60.7 Å². The molecule has 6 nitrogen and oxygen atoms in total. The number of hydrogen-bond acceptors (Lipinski definition) is 6. The van der Waals surface area contributed by atoms with Crippen LogP contribution in [0.15, 0.2) is 65.6 Å². The summed E-state index contributed by atoms with van der Waals surface area (Å²) < 4.78 is 36.8. The first-order valence-corrected chi connectivity index (χ1v) is 10.9. The second-order valence-corrected chi connectivity index (χ2v) is 9.13. The number of carbonyl (C=O) groups excluding carboxylic acids is 2. The minimum Gasteiger partial charge on any atom is -0.469 e. The average Bonchev–Trinajstić information content (AvgIpc) is 2.71. The van der Waals surface area contributed by atoms with Crippen LogP contribution in [0, 0.1) is 11.8 Å². The minimum atomic E-state index is -3.84. The van der Waals surface area contributed by atoms with Crippen molar-refractivity contribution in [1.82, 2.24) is 0 Å². The zero-order chi connectivity index (χ0) is 21.4. The van der Waals surface area contributed by atoms with Gasteiger partial charge in [0.25, 0.3) is 0 Å². The summed E-state index contributed by atoms with van der Waals surface area (Å²) in [5, 5.41) is -1.05. The summed E-state index contributed by atoms with van der Waals surface area (Å²) in [4.78, 5) is 24.8. The molecule has 0 heterocycles. The van der Waals surface area contributed by atoms with Crippen molar-refractivity contribution in [2.75, 3.05) is 7.11 Å². The first-order chi connectivity index (χ1) is 13.8. The number of para-hydroxylation sites is 1. The summed E-state index contributed by atoms with van der Waals surface area (Å²) in [6.07, 6.45) is -0.0775. The van der Waals surface area contributed by atoms with Crippen molar-refractivity contribution in [2.24, 2.45) is 11.8 Å². The molecule has 2 aromatic carbocycles. The van der Waals surface area contributed by atoms with Crippen LogP contribution in [0.5, 0.6) is 5.75 Å². The lowest BCUT2D eigenvalue weighted by Crippen LogP contribution is -2.41. The Kier molecular flexibility index (Phi) is 7.96. The molecule has 29 heavy (non-hydrogen) atoms.